The Labute approximate surface area is 115 Å². The molecule has 19 heavy (non-hydrogen) atoms. The number of hydrogen-bond donors (Lipinski definition) is 2. The van der Waals surface area contributed by atoms with Crippen LogP contribution >= 0.6 is 0 Å². The van der Waals surface area contributed by atoms with E-state index in [0.29, 0.717) is 11.7 Å². The Kier molecular flexibility index (Phi) is 4.10. The second-order valence-electron chi connectivity index (χ2n) is 5.20. The summed E-state index contributed by atoms with van der Waals surface area (Å²) < 4.78 is 0. The number of nitrogens with one attached hydrogen (secondary N) is 1. The second-order valence-corrected chi connectivity index (χ2v) is 5.20. The molecule has 2 aromatic carbocycles. The molecule has 0 heterocycles. The predicted octanol–water partition coefficient (Wildman–Crippen LogP) is 4.69. The lowest BCUT2D eigenvalue weighted by Crippen LogP contribution is -2.08. The van der Waals surface area contributed by atoms with Crippen LogP contribution in [0.2, 0.25) is 0 Å². The third kappa shape index (κ3) is 3.28. The van der Waals surface area contributed by atoms with E-state index in [1.165, 1.54) is 11.3 Å². The summed E-state index contributed by atoms with van der Waals surface area (Å²) in [5.41, 5.74) is 3.67. The molecule has 0 radical (unpaired) electrons. The molecule has 2 heteroatoms. The van der Waals surface area contributed by atoms with Crippen molar-refractivity contribution in [3.05, 3.63) is 59.7 Å². The first-order chi connectivity index (χ1) is 9.08. The zero-order valence-corrected chi connectivity index (χ0v) is 11.7. The van der Waals surface area contributed by atoms with Gasteiger partial charge in [-0.05, 0) is 42.2 Å². The van der Waals surface area contributed by atoms with E-state index in [9.17, 15) is 5.11 Å². The van der Waals surface area contributed by atoms with Crippen LogP contribution in [0.15, 0.2) is 48.5 Å². The van der Waals surface area contributed by atoms with E-state index in [-0.39, 0.29) is 6.04 Å². The molecular formula is C17H21NO. The van der Waals surface area contributed by atoms with Crippen molar-refractivity contribution in [2.75, 3.05) is 5.32 Å². The summed E-state index contributed by atoms with van der Waals surface area (Å²) in [5, 5.41) is 12.9. The quantitative estimate of drug-likeness (QED) is 0.830. The minimum absolute atomic E-state index is 0.209. The van der Waals surface area contributed by atoms with Crippen molar-refractivity contribution in [2.45, 2.75) is 32.7 Å². The lowest BCUT2D eigenvalue weighted by atomic mass is 10.00. The zero-order valence-electron chi connectivity index (χ0n) is 11.7. The smallest absolute Gasteiger partial charge is 0.115 e. The Morgan fingerprint density at radius 1 is 0.895 bits per heavy atom. The van der Waals surface area contributed by atoms with Gasteiger partial charge in [-0.2, -0.15) is 0 Å². The van der Waals surface area contributed by atoms with Crippen molar-refractivity contribution in [2.24, 2.45) is 0 Å². The summed E-state index contributed by atoms with van der Waals surface area (Å²) >= 11 is 0. The van der Waals surface area contributed by atoms with Crippen molar-refractivity contribution >= 4 is 5.69 Å². The zero-order chi connectivity index (χ0) is 13.8. The standard InChI is InChI=1S/C17H21NO/c1-12(2)16-6-4-5-7-17(16)18-13(3)14-8-10-15(19)11-9-14/h4-13,18-19H,1-3H3. The first kappa shape index (κ1) is 13.5. The molecule has 2 nitrogen and oxygen atoms in total. The molecular weight excluding hydrogens is 234 g/mol. The van der Waals surface area contributed by atoms with Crippen LogP contribution in [0.4, 0.5) is 5.69 Å². The first-order valence-corrected chi connectivity index (χ1v) is 6.72. The van der Waals surface area contributed by atoms with Crippen molar-refractivity contribution in [3.63, 3.8) is 0 Å². The van der Waals surface area contributed by atoms with Crippen molar-refractivity contribution in [3.8, 4) is 5.75 Å². The van der Waals surface area contributed by atoms with Gasteiger partial charge in [0.15, 0.2) is 0 Å². The van der Waals surface area contributed by atoms with Gasteiger partial charge in [-0.25, -0.2) is 0 Å². The van der Waals surface area contributed by atoms with Crippen molar-refractivity contribution < 1.29 is 5.11 Å². The molecule has 2 N–H and O–H groups in total. The molecule has 1 unspecified atom stereocenters. The molecule has 0 amide bonds. The van der Waals surface area contributed by atoms with E-state index in [0.717, 1.165) is 5.56 Å². The fourth-order valence-corrected chi connectivity index (χ4v) is 2.21. The van der Waals surface area contributed by atoms with Crippen LogP contribution in [0, 0.1) is 0 Å². The van der Waals surface area contributed by atoms with Crippen LogP contribution in [0.1, 0.15) is 43.9 Å². The maximum Gasteiger partial charge on any atom is 0.115 e. The summed E-state index contributed by atoms with van der Waals surface area (Å²) in [5.74, 6) is 0.800. The Bertz CT molecular complexity index is 531. The molecule has 1 atom stereocenters. The van der Waals surface area contributed by atoms with Gasteiger partial charge in [-0.1, -0.05) is 44.2 Å². The summed E-state index contributed by atoms with van der Waals surface area (Å²) in [6.07, 6.45) is 0. The fourth-order valence-electron chi connectivity index (χ4n) is 2.21. The van der Waals surface area contributed by atoms with Gasteiger partial charge in [0, 0.05) is 11.7 Å². The van der Waals surface area contributed by atoms with Gasteiger partial charge in [-0.3, -0.25) is 0 Å². The summed E-state index contributed by atoms with van der Waals surface area (Å²) in [6, 6.07) is 16.0. The number of rotatable bonds is 4. The molecule has 0 saturated heterocycles. The SMILES string of the molecule is CC(C)c1ccccc1NC(C)c1ccc(O)cc1. The molecule has 0 spiro atoms. The monoisotopic (exact) mass is 255 g/mol. The number of benzene rings is 2. The third-order valence-electron chi connectivity index (χ3n) is 3.35. The number of para-hydroxylation sites is 1. The van der Waals surface area contributed by atoms with Crippen LogP contribution in [-0.4, -0.2) is 5.11 Å². The minimum atomic E-state index is 0.209. The minimum Gasteiger partial charge on any atom is -0.508 e. The van der Waals surface area contributed by atoms with Gasteiger partial charge in [0.2, 0.25) is 0 Å². The highest BCUT2D eigenvalue weighted by atomic mass is 16.3. The normalized spacial score (nSPS) is 12.4. The predicted molar refractivity (Wildman–Crippen MR) is 80.7 cm³/mol. The number of phenolic OH excluding ortho intramolecular Hbond substituents is 1. The van der Waals surface area contributed by atoms with Crippen LogP contribution in [0.3, 0.4) is 0 Å². The van der Waals surface area contributed by atoms with Gasteiger partial charge >= 0.3 is 0 Å². The molecule has 2 rings (SSSR count). The maximum absolute atomic E-state index is 9.32. The Hall–Kier alpha value is -1.96. The average Bonchev–Trinajstić information content (AvgIpc) is 2.39. The number of anilines is 1. The van der Waals surface area contributed by atoms with Gasteiger partial charge in [0.05, 0.1) is 0 Å². The molecule has 0 bridgehead atoms. The summed E-state index contributed by atoms with van der Waals surface area (Å²) in [7, 11) is 0. The van der Waals surface area contributed by atoms with E-state index in [1.807, 2.05) is 12.1 Å². The largest absolute Gasteiger partial charge is 0.508 e. The molecule has 0 aliphatic heterocycles. The van der Waals surface area contributed by atoms with Crippen LogP contribution in [0.25, 0.3) is 0 Å². The molecule has 0 aliphatic carbocycles. The lowest BCUT2D eigenvalue weighted by Gasteiger charge is -2.20. The van der Waals surface area contributed by atoms with E-state index in [1.54, 1.807) is 12.1 Å². The van der Waals surface area contributed by atoms with Gasteiger partial charge in [-0.15, -0.1) is 0 Å². The molecule has 0 fully saturated rings. The van der Waals surface area contributed by atoms with E-state index in [4.69, 9.17) is 0 Å². The number of aromatic hydroxyl groups is 1. The molecule has 0 saturated carbocycles. The lowest BCUT2D eigenvalue weighted by molar-refractivity contribution is 0.475. The Morgan fingerprint density at radius 2 is 1.53 bits per heavy atom. The van der Waals surface area contributed by atoms with Crippen LogP contribution < -0.4 is 5.32 Å². The van der Waals surface area contributed by atoms with Crippen molar-refractivity contribution in [1.29, 1.82) is 0 Å². The second kappa shape index (κ2) is 5.79. The first-order valence-electron chi connectivity index (χ1n) is 6.72. The van der Waals surface area contributed by atoms with Crippen molar-refractivity contribution in [1.82, 2.24) is 0 Å². The van der Waals surface area contributed by atoms with E-state index in [2.05, 4.69) is 50.4 Å². The highest BCUT2D eigenvalue weighted by Gasteiger charge is 2.10. The van der Waals surface area contributed by atoms with Crippen LogP contribution in [-0.2, 0) is 0 Å². The van der Waals surface area contributed by atoms with Gasteiger partial charge < -0.3 is 10.4 Å². The van der Waals surface area contributed by atoms with E-state index >= 15 is 0 Å². The van der Waals surface area contributed by atoms with Gasteiger partial charge in [0.25, 0.3) is 0 Å². The maximum atomic E-state index is 9.32. The Balaban J connectivity index is 2.19. The topological polar surface area (TPSA) is 32.3 Å². The molecule has 0 aliphatic rings. The highest BCUT2D eigenvalue weighted by Crippen LogP contribution is 2.27. The fraction of sp³-hybridized carbons (Fsp3) is 0.294. The van der Waals surface area contributed by atoms with Gasteiger partial charge in [0.1, 0.15) is 5.75 Å². The number of hydrogen-bond acceptors (Lipinski definition) is 2. The third-order valence-corrected chi connectivity index (χ3v) is 3.35. The van der Waals surface area contributed by atoms with E-state index < -0.39 is 0 Å². The molecule has 100 valence electrons. The summed E-state index contributed by atoms with van der Waals surface area (Å²) in [4.78, 5) is 0. The van der Waals surface area contributed by atoms with Crippen LogP contribution in [0.5, 0.6) is 5.75 Å². The molecule has 2 aromatic rings. The highest BCUT2D eigenvalue weighted by molar-refractivity contribution is 5.54. The Morgan fingerprint density at radius 3 is 2.16 bits per heavy atom. The summed E-state index contributed by atoms with van der Waals surface area (Å²) in [6.45, 7) is 6.53. The average molecular weight is 255 g/mol. The molecule has 0 aromatic heterocycles. The number of phenols is 1.